The van der Waals surface area contributed by atoms with Crippen molar-refractivity contribution in [3.8, 4) is 16.9 Å². The number of ether oxygens (including phenoxy) is 1. The lowest BCUT2D eigenvalue weighted by Crippen LogP contribution is -2.37. The molecule has 1 aromatic heterocycles. The molecule has 2 aromatic rings. The predicted octanol–water partition coefficient (Wildman–Crippen LogP) is 4.61. The molecule has 1 aliphatic rings. The number of hydrogen-bond donors (Lipinski definition) is 2. The number of nitrogens with zero attached hydrogens (tertiary/aromatic N) is 1. The molecule has 2 N–H and O–H groups in total. The molecule has 1 fully saturated rings. The second-order valence-corrected chi connectivity index (χ2v) is 7.72. The molecule has 0 saturated heterocycles. The van der Waals surface area contributed by atoms with E-state index in [0.717, 1.165) is 59.5 Å². The first kappa shape index (κ1) is 26.2. The van der Waals surface area contributed by atoms with Crippen LogP contribution < -0.4 is 15.4 Å². The molecule has 166 valence electrons. The van der Waals surface area contributed by atoms with Crippen molar-refractivity contribution in [1.82, 2.24) is 15.6 Å². The zero-order valence-electron chi connectivity index (χ0n) is 18.2. The van der Waals surface area contributed by atoms with Crippen LogP contribution in [0.15, 0.2) is 30.3 Å². The Kier molecular flexibility index (Phi) is 10.6. The van der Waals surface area contributed by atoms with E-state index in [1.807, 2.05) is 27.0 Å². The number of halogens is 2. The summed E-state index contributed by atoms with van der Waals surface area (Å²) in [7, 11) is 3.66. The first-order valence-corrected chi connectivity index (χ1v) is 10.1. The van der Waals surface area contributed by atoms with Crippen LogP contribution in [0, 0.1) is 19.8 Å². The van der Waals surface area contributed by atoms with E-state index in [1.54, 1.807) is 7.11 Å². The monoisotopic (exact) mass is 453 g/mol. The summed E-state index contributed by atoms with van der Waals surface area (Å²) in [6.07, 6.45) is 4.02. The van der Waals surface area contributed by atoms with Gasteiger partial charge in [-0.25, -0.2) is 0 Å². The fraction of sp³-hybridized carbons (Fsp3) is 0.478. The van der Waals surface area contributed by atoms with Crippen LogP contribution in [0.4, 0.5) is 0 Å². The molecule has 1 aliphatic carbocycles. The van der Waals surface area contributed by atoms with Gasteiger partial charge in [0, 0.05) is 35.5 Å². The van der Waals surface area contributed by atoms with Crippen LogP contribution in [0.1, 0.15) is 42.6 Å². The summed E-state index contributed by atoms with van der Waals surface area (Å²) >= 11 is 0. The van der Waals surface area contributed by atoms with Gasteiger partial charge in [0.25, 0.3) is 0 Å². The number of nitrogens with one attached hydrogen (secondary N) is 2. The van der Waals surface area contributed by atoms with Gasteiger partial charge in [0.1, 0.15) is 5.75 Å². The average molecular weight is 454 g/mol. The number of carbonyl (C=O) groups is 1. The number of carbonyl (C=O) groups excluding carboxylic acids is 1. The lowest BCUT2D eigenvalue weighted by Gasteiger charge is -2.27. The number of aromatic nitrogens is 1. The first-order valence-electron chi connectivity index (χ1n) is 10.1. The van der Waals surface area contributed by atoms with Gasteiger partial charge >= 0.3 is 0 Å². The van der Waals surface area contributed by atoms with Crippen molar-refractivity contribution in [3.63, 3.8) is 0 Å². The van der Waals surface area contributed by atoms with Gasteiger partial charge in [0.05, 0.1) is 7.11 Å². The molecular formula is C23H33Cl2N3O2. The minimum Gasteiger partial charge on any atom is -0.496 e. The lowest BCUT2D eigenvalue weighted by atomic mass is 9.85. The molecule has 3 rings (SSSR count). The van der Waals surface area contributed by atoms with E-state index < -0.39 is 0 Å². The van der Waals surface area contributed by atoms with Crippen LogP contribution in [0.25, 0.3) is 11.1 Å². The largest absolute Gasteiger partial charge is 0.496 e. The number of rotatable bonds is 6. The van der Waals surface area contributed by atoms with Crippen LogP contribution in [-0.4, -0.2) is 31.1 Å². The molecule has 0 spiro atoms. The Balaban J connectivity index is 0.00000225. The maximum atomic E-state index is 12.6. The van der Waals surface area contributed by atoms with Crippen molar-refractivity contribution in [3.05, 3.63) is 47.3 Å². The second-order valence-electron chi connectivity index (χ2n) is 7.72. The number of aryl methyl sites for hydroxylation is 2. The van der Waals surface area contributed by atoms with Crippen molar-refractivity contribution in [2.75, 3.05) is 14.2 Å². The smallest absolute Gasteiger partial charge is 0.223 e. The van der Waals surface area contributed by atoms with Crippen LogP contribution in [0.2, 0.25) is 0 Å². The Bertz CT molecular complexity index is 817. The van der Waals surface area contributed by atoms with Crippen LogP contribution >= 0.6 is 24.8 Å². The van der Waals surface area contributed by atoms with Gasteiger partial charge in [0.2, 0.25) is 5.91 Å². The number of pyridine rings is 1. The molecule has 7 heteroatoms. The van der Waals surface area contributed by atoms with Gasteiger partial charge in [-0.2, -0.15) is 0 Å². The summed E-state index contributed by atoms with van der Waals surface area (Å²) in [5.74, 6) is 1.06. The van der Waals surface area contributed by atoms with Crippen molar-refractivity contribution in [2.45, 2.75) is 52.1 Å². The van der Waals surface area contributed by atoms with Crippen molar-refractivity contribution in [1.29, 1.82) is 0 Å². The Hall–Kier alpha value is -1.82. The molecule has 5 nitrogen and oxygen atoms in total. The van der Waals surface area contributed by atoms with Gasteiger partial charge in [-0.3, -0.25) is 9.78 Å². The molecule has 1 amide bonds. The van der Waals surface area contributed by atoms with E-state index in [0.29, 0.717) is 12.6 Å². The summed E-state index contributed by atoms with van der Waals surface area (Å²) in [5, 5.41) is 6.44. The Morgan fingerprint density at radius 2 is 1.67 bits per heavy atom. The highest BCUT2D eigenvalue weighted by Crippen LogP contribution is 2.28. The minimum atomic E-state index is 0. The van der Waals surface area contributed by atoms with Crippen molar-refractivity contribution < 1.29 is 9.53 Å². The number of benzene rings is 1. The van der Waals surface area contributed by atoms with Gasteiger partial charge in [-0.05, 0) is 82.0 Å². The van der Waals surface area contributed by atoms with Crippen LogP contribution in [-0.2, 0) is 11.3 Å². The van der Waals surface area contributed by atoms with E-state index in [9.17, 15) is 4.79 Å². The topological polar surface area (TPSA) is 63.2 Å². The lowest BCUT2D eigenvalue weighted by molar-refractivity contribution is -0.126. The summed E-state index contributed by atoms with van der Waals surface area (Å²) in [4.78, 5) is 17.1. The summed E-state index contributed by atoms with van der Waals surface area (Å²) in [6.45, 7) is 4.48. The third kappa shape index (κ3) is 6.59. The Labute approximate surface area is 192 Å². The zero-order chi connectivity index (χ0) is 20.1. The molecule has 0 radical (unpaired) electrons. The highest BCUT2D eigenvalue weighted by molar-refractivity contribution is 5.85. The van der Waals surface area contributed by atoms with E-state index in [4.69, 9.17) is 4.74 Å². The SMILES string of the molecule is CNC1CCC(C(=O)NCc2cc(-c3cc(C)nc(C)c3)ccc2OC)CC1.Cl.Cl. The Morgan fingerprint density at radius 1 is 1.03 bits per heavy atom. The standard InChI is InChI=1S/C23H31N3O2.2ClH/c1-15-11-19(12-16(2)26-15)18-7-10-22(28-4)20(13-18)14-25-23(27)17-5-8-21(24-3)9-6-17;;/h7,10-13,17,21,24H,5-6,8-9,14H2,1-4H3,(H,25,27);2*1H. The van der Waals surface area contributed by atoms with Gasteiger partial charge in [0.15, 0.2) is 0 Å². The van der Waals surface area contributed by atoms with Crippen molar-refractivity contribution >= 4 is 30.7 Å². The minimum absolute atomic E-state index is 0. The number of amides is 1. The van der Waals surface area contributed by atoms with E-state index >= 15 is 0 Å². The summed E-state index contributed by atoms with van der Waals surface area (Å²) in [6, 6.07) is 10.8. The summed E-state index contributed by atoms with van der Waals surface area (Å²) in [5.41, 5.74) is 5.22. The van der Waals surface area contributed by atoms with Crippen LogP contribution in [0.5, 0.6) is 5.75 Å². The molecule has 0 aliphatic heterocycles. The van der Waals surface area contributed by atoms with E-state index in [2.05, 4.69) is 39.9 Å². The fourth-order valence-electron chi connectivity index (χ4n) is 4.07. The molecular weight excluding hydrogens is 421 g/mol. The second kappa shape index (κ2) is 12.1. The highest BCUT2D eigenvalue weighted by Gasteiger charge is 2.25. The quantitative estimate of drug-likeness (QED) is 0.669. The summed E-state index contributed by atoms with van der Waals surface area (Å²) < 4.78 is 5.52. The number of hydrogen-bond acceptors (Lipinski definition) is 4. The normalized spacial score (nSPS) is 18.0. The fourth-order valence-corrected chi connectivity index (χ4v) is 4.07. The number of methoxy groups -OCH3 is 1. The maximum Gasteiger partial charge on any atom is 0.223 e. The average Bonchev–Trinajstić information content (AvgIpc) is 2.71. The third-order valence-corrected chi connectivity index (χ3v) is 5.65. The van der Waals surface area contributed by atoms with Gasteiger partial charge in [-0.15, -0.1) is 24.8 Å². The Morgan fingerprint density at radius 3 is 2.23 bits per heavy atom. The van der Waals surface area contributed by atoms with Crippen LogP contribution in [0.3, 0.4) is 0 Å². The van der Waals surface area contributed by atoms with E-state index in [1.165, 1.54) is 0 Å². The molecule has 1 aromatic carbocycles. The molecule has 0 atom stereocenters. The van der Waals surface area contributed by atoms with E-state index in [-0.39, 0.29) is 36.6 Å². The molecule has 1 heterocycles. The molecule has 0 unspecified atom stereocenters. The predicted molar refractivity (Wildman–Crippen MR) is 127 cm³/mol. The zero-order valence-corrected chi connectivity index (χ0v) is 19.8. The maximum absolute atomic E-state index is 12.6. The first-order chi connectivity index (χ1) is 13.5. The highest BCUT2D eigenvalue weighted by atomic mass is 35.5. The molecule has 0 bridgehead atoms. The molecule has 1 saturated carbocycles. The third-order valence-electron chi connectivity index (χ3n) is 5.65. The van der Waals surface area contributed by atoms with Gasteiger partial charge < -0.3 is 15.4 Å². The van der Waals surface area contributed by atoms with Crippen molar-refractivity contribution in [2.24, 2.45) is 5.92 Å². The van der Waals surface area contributed by atoms with Gasteiger partial charge in [-0.1, -0.05) is 6.07 Å². The molecule has 30 heavy (non-hydrogen) atoms.